The van der Waals surface area contributed by atoms with Crippen LogP contribution in [0.5, 0.6) is 0 Å². The van der Waals surface area contributed by atoms with Gasteiger partial charge in [0.2, 0.25) is 0 Å². The van der Waals surface area contributed by atoms with Gasteiger partial charge in [-0.2, -0.15) is 10.2 Å². The fraction of sp³-hybridized carbons (Fsp3) is 0.267. The van der Waals surface area contributed by atoms with Crippen LogP contribution in [0.25, 0.3) is 0 Å². The Kier molecular flexibility index (Phi) is 4.00. The zero-order valence-electron chi connectivity index (χ0n) is 11.0. The van der Waals surface area contributed by atoms with Gasteiger partial charge in [-0.15, -0.1) is 0 Å². The quantitative estimate of drug-likeness (QED) is 0.846. The molecule has 4 heteroatoms. The van der Waals surface area contributed by atoms with Gasteiger partial charge in [0.15, 0.2) is 0 Å². The first-order chi connectivity index (χ1) is 9.04. The maximum absolute atomic E-state index is 13.1. The molecule has 0 amide bonds. The van der Waals surface area contributed by atoms with E-state index in [1.165, 1.54) is 6.07 Å². The Bertz CT molecular complexity index is 594. The van der Waals surface area contributed by atoms with Crippen LogP contribution in [0, 0.1) is 19.7 Å². The van der Waals surface area contributed by atoms with E-state index in [1.807, 2.05) is 13.0 Å². The van der Waals surface area contributed by atoms with E-state index in [2.05, 4.69) is 10.2 Å². The van der Waals surface area contributed by atoms with Crippen molar-refractivity contribution in [1.82, 2.24) is 10.2 Å². The van der Waals surface area contributed by atoms with Crippen molar-refractivity contribution in [3.8, 4) is 0 Å². The van der Waals surface area contributed by atoms with Crippen molar-refractivity contribution < 1.29 is 9.18 Å². The van der Waals surface area contributed by atoms with E-state index < -0.39 is 0 Å². The van der Waals surface area contributed by atoms with Gasteiger partial charge in [0.25, 0.3) is 0 Å². The van der Waals surface area contributed by atoms with Gasteiger partial charge in [-0.25, -0.2) is 4.39 Å². The number of hydrogen-bond donors (Lipinski definition) is 0. The highest BCUT2D eigenvalue weighted by Gasteiger charge is 2.08. The Balaban J connectivity index is 2.01. The zero-order chi connectivity index (χ0) is 13.8. The Morgan fingerprint density at radius 2 is 1.89 bits per heavy atom. The van der Waals surface area contributed by atoms with E-state index in [1.54, 1.807) is 25.1 Å². The lowest BCUT2D eigenvalue weighted by molar-refractivity contribution is -0.117. The smallest absolute Gasteiger partial charge is 0.143 e. The van der Waals surface area contributed by atoms with E-state index in [-0.39, 0.29) is 24.4 Å². The molecule has 0 atom stereocenters. The van der Waals surface area contributed by atoms with E-state index >= 15 is 0 Å². The highest BCUT2D eigenvalue weighted by molar-refractivity contribution is 5.82. The lowest BCUT2D eigenvalue weighted by Crippen LogP contribution is -2.09. The Labute approximate surface area is 111 Å². The molecule has 0 spiro atoms. The molecule has 0 bridgehead atoms. The first-order valence-electron chi connectivity index (χ1n) is 6.10. The summed E-state index contributed by atoms with van der Waals surface area (Å²) in [7, 11) is 0. The van der Waals surface area contributed by atoms with Crippen LogP contribution in [0.3, 0.4) is 0 Å². The number of aryl methyl sites for hydroxylation is 2. The van der Waals surface area contributed by atoms with Gasteiger partial charge < -0.3 is 0 Å². The summed E-state index contributed by atoms with van der Waals surface area (Å²) in [4.78, 5) is 11.9. The van der Waals surface area contributed by atoms with Crippen LogP contribution in [-0.4, -0.2) is 16.0 Å². The molecule has 0 N–H and O–H groups in total. The second-order valence-electron chi connectivity index (χ2n) is 4.64. The normalized spacial score (nSPS) is 10.5. The number of halogens is 1. The first-order valence-corrected chi connectivity index (χ1v) is 6.10. The molecular weight excluding hydrogens is 243 g/mol. The van der Waals surface area contributed by atoms with Crippen LogP contribution in [-0.2, 0) is 17.6 Å². The van der Waals surface area contributed by atoms with E-state index in [0.717, 1.165) is 11.3 Å². The predicted molar refractivity (Wildman–Crippen MR) is 70.3 cm³/mol. The van der Waals surface area contributed by atoms with Crippen LogP contribution < -0.4 is 0 Å². The molecule has 0 radical (unpaired) electrons. The number of carbonyl (C=O) groups is 1. The molecule has 0 fully saturated rings. The number of rotatable bonds is 4. The van der Waals surface area contributed by atoms with Crippen molar-refractivity contribution in [2.75, 3.05) is 0 Å². The molecule has 1 heterocycles. The third-order valence-electron chi connectivity index (χ3n) is 2.86. The highest BCUT2D eigenvalue weighted by atomic mass is 19.1. The minimum Gasteiger partial charge on any atom is -0.299 e. The van der Waals surface area contributed by atoms with Gasteiger partial charge in [0, 0.05) is 6.42 Å². The molecule has 2 rings (SSSR count). The SMILES string of the molecule is Cc1ccc(CC(=O)Cc2ccc(F)c(C)c2)nn1. The second kappa shape index (κ2) is 5.69. The van der Waals surface area contributed by atoms with Crippen LogP contribution in [0.4, 0.5) is 4.39 Å². The maximum Gasteiger partial charge on any atom is 0.143 e. The third-order valence-corrected chi connectivity index (χ3v) is 2.86. The third kappa shape index (κ3) is 3.68. The molecule has 0 saturated heterocycles. The van der Waals surface area contributed by atoms with Crippen LogP contribution in [0.15, 0.2) is 30.3 Å². The fourth-order valence-electron chi connectivity index (χ4n) is 1.83. The molecule has 3 nitrogen and oxygen atoms in total. The number of benzene rings is 1. The molecule has 1 aromatic carbocycles. The lowest BCUT2D eigenvalue weighted by Gasteiger charge is -2.03. The average molecular weight is 258 g/mol. The van der Waals surface area contributed by atoms with Crippen molar-refractivity contribution in [1.29, 1.82) is 0 Å². The topological polar surface area (TPSA) is 42.9 Å². The average Bonchev–Trinajstić information content (AvgIpc) is 2.37. The standard InChI is InChI=1S/C15H15FN2O/c1-10-7-12(4-6-15(10)16)8-14(19)9-13-5-3-11(2)17-18-13/h3-7H,8-9H2,1-2H3. The lowest BCUT2D eigenvalue weighted by atomic mass is 10.0. The highest BCUT2D eigenvalue weighted by Crippen LogP contribution is 2.11. The Morgan fingerprint density at radius 3 is 2.53 bits per heavy atom. The number of carbonyl (C=O) groups excluding carboxylic acids is 1. The minimum atomic E-state index is -0.249. The van der Waals surface area contributed by atoms with Crippen molar-refractivity contribution in [2.24, 2.45) is 0 Å². The molecular formula is C15H15FN2O. The van der Waals surface area contributed by atoms with Crippen LogP contribution in [0.2, 0.25) is 0 Å². The number of nitrogens with zero attached hydrogens (tertiary/aromatic N) is 2. The van der Waals surface area contributed by atoms with Crippen LogP contribution >= 0.6 is 0 Å². The molecule has 2 aromatic rings. The zero-order valence-corrected chi connectivity index (χ0v) is 11.0. The van der Waals surface area contributed by atoms with Crippen molar-refractivity contribution in [3.63, 3.8) is 0 Å². The molecule has 0 aliphatic heterocycles. The number of hydrogen-bond acceptors (Lipinski definition) is 3. The Hall–Kier alpha value is -2.10. The summed E-state index contributed by atoms with van der Waals surface area (Å²) in [6.45, 7) is 3.54. The molecule has 98 valence electrons. The molecule has 0 aliphatic rings. The summed E-state index contributed by atoms with van der Waals surface area (Å²) in [5.74, 6) is -0.204. The molecule has 19 heavy (non-hydrogen) atoms. The van der Waals surface area contributed by atoms with E-state index in [0.29, 0.717) is 11.3 Å². The van der Waals surface area contributed by atoms with Gasteiger partial charge in [-0.1, -0.05) is 12.1 Å². The summed E-state index contributed by atoms with van der Waals surface area (Å²) >= 11 is 0. The second-order valence-corrected chi connectivity index (χ2v) is 4.64. The summed E-state index contributed by atoms with van der Waals surface area (Å²) in [6.07, 6.45) is 0.542. The van der Waals surface area contributed by atoms with Gasteiger partial charge in [-0.3, -0.25) is 4.79 Å². The van der Waals surface area contributed by atoms with Crippen molar-refractivity contribution in [3.05, 3.63) is 58.7 Å². The number of Topliss-reactive ketones (excluding diaryl/α,β-unsaturated/α-hetero) is 1. The maximum atomic E-state index is 13.1. The van der Waals surface area contributed by atoms with Crippen molar-refractivity contribution >= 4 is 5.78 Å². The van der Waals surface area contributed by atoms with Crippen LogP contribution in [0.1, 0.15) is 22.5 Å². The van der Waals surface area contributed by atoms with Crippen molar-refractivity contribution in [2.45, 2.75) is 26.7 Å². The van der Waals surface area contributed by atoms with Gasteiger partial charge in [0.1, 0.15) is 11.6 Å². The minimum absolute atomic E-state index is 0.0455. The molecule has 0 saturated carbocycles. The molecule has 0 unspecified atom stereocenters. The molecule has 1 aromatic heterocycles. The summed E-state index contributed by atoms with van der Waals surface area (Å²) in [5.41, 5.74) is 2.86. The van der Waals surface area contributed by atoms with E-state index in [4.69, 9.17) is 0 Å². The van der Waals surface area contributed by atoms with Gasteiger partial charge >= 0.3 is 0 Å². The van der Waals surface area contributed by atoms with Gasteiger partial charge in [0.05, 0.1) is 17.8 Å². The number of ketones is 1. The molecule has 0 aliphatic carbocycles. The summed E-state index contributed by atoms with van der Waals surface area (Å²) in [5, 5.41) is 7.87. The monoisotopic (exact) mass is 258 g/mol. The largest absolute Gasteiger partial charge is 0.299 e. The van der Waals surface area contributed by atoms with E-state index in [9.17, 15) is 9.18 Å². The Morgan fingerprint density at radius 1 is 1.11 bits per heavy atom. The first kappa shape index (κ1) is 13.3. The van der Waals surface area contributed by atoms with Gasteiger partial charge in [-0.05, 0) is 43.2 Å². The summed E-state index contributed by atoms with van der Waals surface area (Å²) < 4.78 is 13.1. The predicted octanol–water partition coefficient (Wildman–Crippen LogP) is 2.59. The number of aromatic nitrogens is 2. The summed E-state index contributed by atoms with van der Waals surface area (Å²) in [6, 6.07) is 8.37. The fourth-order valence-corrected chi connectivity index (χ4v) is 1.83.